The zero-order chi connectivity index (χ0) is 27.5. The van der Waals surface area contributed by atoms with E-state index in [-0.39, 0.29) is 5.82 Å². The van der Waals surface area contributed by atoms with E-state index in [1.165, 1.54) is 6.20 Å². The summed E-state index contributed by atoms with van der Waals surface area (Å²) in [6, 6.07) is 30.2. The van der Waals surface area contributed by atoms with Crippen molar-refractivity contribution >= 4 is 0 Å². The summed E-state index contributed by atoms with van der Waals surface area (Å²) in [7, 11) is 0. The van der Waals surface area contributed by atoms with E-state index in [2.05, 4.69) is 34.5 Å². The minimum Gasteiger partial charge on any atom is -0.232 e. The molecule has 40 heavy (non-hydrogen) atoms. The Balaban J connectivity index is 1.51. The third kappa shape index (κ3) is 3.58. The minimum absolute atomic E-state index is 0.271. The molecule has 0 unspecified atom stereocenters. The standard InChI is InChI=1S/C31H21F3N6/c1-20-16-18-39(37-20)28-14-6-12-25(35-28)30(23-10-4-2-8-21(23)22-9-3-5-11-24(22)30)26-13-7-15-29(36-26)40-19-17-27(38-40)31(32,33)34/h2-19H,1H3. The van der Waals surface area contributed by atoms with Crippen LogP contribution >= 0.6 is 0 Å². The molecule has 0 fully saturated rings. The first-order chi connectivity index (χ1) is 19.4. The van der Waals surface area contributed by atoms with Crippen molar-refractivity contribution in [1.82, 2.24) is 29.5 Å². The summed E-state index contributed by atoms with van der Waals surface area (Å²) in [4.78, 5) is 10.1. The molecule has 4 aromatic heterocycles. The summed E-state index contributed by atoms with van der Waals surface area (Å²) in [5, 5.41) is 8.31. The predicted octanol–water partition coefficient (Wildman–Crippen LogP) is 6.54. The Bertz CT molecular complexity index is 1840. The van der Waals surface area contributed by atoms with E-state index in [0.717, 1.165) is 44.4 Å². The summed E-state index contributed by atoms with van der Waals surface area (Å²) in [6.07, 6.45) is -1.42. The normalized spacial score (nSPS) is 13.7. The summed E-state index contributed by atoms with van der Waals surface area (Å²) >= 11 is 0. The van der Waals surface area contributed by atoms with Crippen LogP contribution in [-0.2, 0) is 11.6 Å². The first-order valence-electron chi connectivity index (χ1n) is 12.7. The molecule has 0 aliphatic heterocycles. The molecule has 0 saturated carbocycles. The summed E-state index contributed by atoms with van der Waals surface area (Å²) < 4.78 is 42.9. The monoisotopic (exact) mass is 534 g/mol. The Morgan fingerprint density at radius 1 is 0.600 bits per heavy atom. The fraction of sp³-hybridized carbons (Fsp3) is 0.0968. The second-order valence-electron chi connectivity index (χ2n) is 9.65. The lowest BCUT2D eigenvalue weighted by Crippen LogP contribution is -2.31. The van der Waals surface area contributed by atoms with E-state index in [0.29, 0.717) is 11.5 Å². The fourth-order valence-electron chi connectivity index (χ4n) is 5.58. The van der Waals surface area contributed by atoms with Gasteiger partial charge in [0.1, 0.15) is 5.41 Å². The highest BCUT2D eigenvalue weighted by molar-refractivity contribution is 5.85. The van der Waals surface area contributed by atoms with E-state index in [4.69, 9.17) is 9.97 Å². The molecule has 1 aliphatic carbocycles. The van der Waals surface area contributed by atoms with Crippen LogP contribution in [-0.4, -0.2) is 29.5 Å². The molecule has 6 nitrogen and oxygen atoms in total. The highest BCUT2D eigenvalue weighted by Gasteiger charge is 2.48. The first-order valence-corrected chi connectivity index (χ1v) is 12.7. The van der Waals surface area contributed by atoms with Crippen LogP contribution in [0, 0.1) is 6.92 Å². The van der Waals surface area contributed by atoms with Gasteiger partial charge in [-0.15, -0.1) is 0 Å². The second kappa shape index (κ2) is 8.74. The summed E-state index contributed by atoms with van der Waals surface area (Å²) in [5.74, 6) is 0.915. The molecule has 1 aliphatic rings. The Hall–Kier alpha value is -5.05. The highest BCUT2D eigenvalue weighted by Crippen LogP contribution is 2.55. The van der Waals surface area contributed by atoms with Gasteiger partial charge in [-0.2, -0.15) is 23.4 Å². The van der Waals surface area contributed by atoms with Crippen LogP contribution in [0.15, 0.2) is 109 Å². The third-order valence-electron chi connectivity index (χ3n) is 7.26. The maximum atomic E-state index is 13.3. The summed E-state index contributed by atoms with van der Waals surface area (Å²) in [5.41, 5.74) is 4.35. The molecular formula is C31H21F3N6. The zero-order valence-electron chi connectivity index (χ0n) is 21.2. The van der Waals surface area contributed by atoms with Gasteiger partial charge in [-0.3, -0.25) is 0 Å². The molecule has 4 heterocycles. The number of hydrogen-bond donors (Lipinski definition) is 0. The number of rotatable bonds is 4. The molecule has 0 spiro atoms. The number of nitrogens with zero attached hydrogens (tertiary/aromatic N) is 6. The van der Waals surface area contributed by atoms with Gasteiger partial charge in [0, 0.05) is 12.4 Å². The Morgan fingerprint density at radius 3 is 1.62 bits per heavy atom. The van der Waals surface area contributed by atoms with Gasteiger partial charge >= 0.3 is 6.18 Å². The SMILES string of the molecule is Cc1ccn(-c2cccc(C3(c4cccc(-n5ccc(C(F)(F)F)n5)n4)c4ccccc4-c4ccccc43)n2)n1. The van der Waals surface area contributed by atoms with Gasteiger partial charge in [0.2, 0.25) is 0 Å². The molecule has 0 N–H and O–H groups in total. The van der Waals surface area contributed by atoms with Crippen LogP contribution in [0.2, 0.25) is 0 Å². The van der Waals surface area contributed by atoms with E-state index < -0.39 is 17.3 Å². The number of alkyl halides is 3. The molecule has 7 rings (SSSR count). The van der Waals surface area contributed by atoms with Crippen molar-refractivity contribution in [2.75, 3.05) is 0 Å². The van der Waals surface area contributed by atoms with Crippen LogP contribution in [0.4, 0.5) is 13.2 Å². The number of hydrogen-bond acceptors (Lipinski definition) is 4. The molecule has 0 saturated heterocycles. The zero-order valence-corrected chi connectivity index (χ0v) is 21.2. The highest BCUT2D eigenvalue weighted by atomic mass is 19.4. The van der Waals surface area contributed by atoms with E-state index in [1.54, 1.807) is 16.8 Å². The van der Waals surface area contributed by atoms with Crippen LogP contribution < -0.4 is 0 Å². The maximum Gasteiger partial charge on any atom is 0.435 e. The number of pyridine rings is 2. The molecule has 196 valence electrons. The van der Waals surface area contributed by atoms with Gasteiger partial charge in [0.25, 0.3) is 0 Å². The van der Waals surface area contributed by atoms with Crippen molar-refractivity contribution in [3.05, 3.63) is 143 Å². The van der Waals surface area contributed by atoms with Crippen molar-refractivity contribution in [3.63, 3.8) is 0 Å². The molecule has 0 amide bonds. The van der Waals surface area contributed by atoms with Gasteiger partial charge in [0.15, 0.2) is 17.3 Å². The quantitative estimate of drug-likeness (QED) is 0.257. The lowest BCUT2D eigenvalue weighted by atomic mass is 9.72. The van der Waals surface area contributed by atoms with Crippen molar-refractivity contribution in [1.29, 1.82) is 0 Å². The van der Waals surface area contributed by atoms with Crippen molar-refractivity contribution in [3.8, 4) is 22.8 Å². The third-order valence-corrected chi connectivity index (χ3v) is 7.26. The van der Waals surface area contributed by atoms with Crippen LogP contribution in [0.25, 0.3) is 22.8 Å². The van der Waals surface area contributed by atoms with Crippen LogP contribution in [0.1, 0.15) is 33.9 Å². The van der Waals surface area contributed by atoms with E-state index in [9.17, 15) is 13.2 Å². The number of halogens is 3. The lowest BCUT2D eigenvalue weighted by Gasteiger charge is -2.32. The average Bonchev–Trinajstić information content (AvgIpc) is 3.70. The maximum absolute atomic E-state index is 13.3. The lowest BCUT2D eigenvalue weighted by molar-refractivity contribution is -0.141. The first kappa shape index (κ1) is 24.0. The Kier molecular flexibility index (Phi) is 5.25. The molecule has 0 atom stereocenters. The molecule has 0 bridgehead atoms. The van der Waals surface area contributed by atoms with Gasteiger partial charge in [-0.05, 0) is 65.6 Å². The Labute approximate surface area is 227 Å². The largest absolute Gasteiger partial charge is 0.435 e. The Morgan fingerprint density at radius 2 is 1.12 bits per heavy atom. The topological polar surface area (TPSA) is 61.4 Å². The number of benzene rings is 2. The average molecular weight is 535 g/mol. The van der Waals surface area contributed by atoms with Crippen LogP contribution in [0.3, 0.4) is 0 Å². The van der Waals surface area contributed by atoms with Gasteiger partial charge in [-0.1, -0.05) is 60.7 Å². The summed E-state index contributed by atoms with van der Waals surface area (Å²) in [6.45, 7) is 1.92. The number of aromatic nitrogens is 6. The smallest absolute Gasteiger partial charge is 0.232 e. The van der Waals surface area contributed by atoms with Crippen molar-refractivity contribution < 1.29 is 13.2 Å². The van der Waals surface area contributed by atoms with Gasteiger partial charge < -0.3 is 0 Å². The molecule has 2 aromatic carbocycles. The molecular weight excluding hydrogens is 513 g/mol. The van der Waals surface area contributed by atoms with Gasteiger partial charge in [0.05, 0.1) is 17.1 Å². The van der Waals surface area contributed by atoms with E-state index >= 15 is 0 Å². The van der Waals surface area contributed by atoms with Crippen molar-refractivity contribution in [2.45, 2.75) is 18.5 Å². The van der Waals surface area contributed by atoms with E-state index in [1.807, 2.05) is 67.7 Å². The number of fused-ring (bicyclic) bond motifs is 3. The molecule has 0 radical (unpaired) electrons. The second-order valence-corrected chi connectivity index (χ2v) is 9.65. The predicted molar refractivity (Wildman–Crippen MR) is 143 cm³/mol. The number of aryl methyl sites for hydroxylation is 1. The molecule has 6 aromatic rings. The molecule has 9 heteroatoms. The van der Waals surface area contributed by atoms with Crippen LogP contribution in [0.5, 0.6) is 0 Å². The van der Waals surface area contributed by atoms with Gasteiger partial charge in [-0.25, -0.2) is 19.3 Å². The van der Waals surface area contributed by atoms with Crippen molar-refractivity contribution in [2.24, 2.45) is 0 Å². The fourth-order valence-corrected chi connectivity index (χ4v) is 5.58. The minimum atomic E-state index is -4.55.